The van der Waals surface area contributed by atoms with Gasteiger partial charge in [0.2, 0.25) is 0 Å². The van der Waals surface area contributed by atoms with Crippen molar-refractivity contribution in [3.05, 3.63) is 23.8 Å². The Morgan fingerprint density at radius 3 is 2.27 bits per heavy atom. The number of nitrogens with zero attached hydrogens (tertiary/aromatic N) is 1. The minimum absolute atomic E-state index is 1.04. The first kappa shape index (κ1) is 10.4. The highest BCUT2D eigenvalue weighted by molar-refractivity contribution is 4.99. The fourth-order valence-electron chi connectivity index (χ4n) is 0.685. The molecule has 1 nitrogen and oxygen atoms in total. The van der Waals surface area contributed by atoms with Crippen molar-refractivity contribution in [2.75, 3.05) is 20.6 Å². The predicted molar refractivity (Wildman–Crippen MR) is 51.7 cm³/mol. The molecular weight excluding hydrogens is 134 g/mol. The van der Waals surface area contributed by atoms with Crippen LogP contribution in [0.3, 0.4) is 0 Å². The zero-order valence-electron chi connectivity index (χ0n) is 8.09. The number of hydrogen-bond donors (Lipinski definition) is 0. The van der Waals surface area contributed by atoms with Crippen molar-refractivity contribution in [2.45, 2.75) is 20.3 Å². The molecule has 0 saturated carbocycles. The van der Waals surface area contributed by atoms with E-state index in [1.807, 2.05) is 0 Å². The average Bonchev–Trinajstić information content (AvgIpc) is 1.85. The molecule has 0 spiro atoms. The number of hydrogen-bond acceptors (Lipinski definition) is 1. The van der Waals surface area contributed by atoms with Gasteiger partial charge in [0.1, 0.15) is 0 Å². The van der Waals surface area contributed by atoms with Crippen molar-refractivity contribution in [3.8, 4) is 0 Å². The van der Waals surface area contributed by atoms with E-state index in [9.17, 15) is 0 Å². The maximum atomic E-state index is 2.23. The van der Waals surface area contributed by atoms with Crippen LogP contribution in [0.2, 0.25) is 0 Å². The highest BCUT2D eigenvalue weighted by Crippen LogP contribution is 1.93. The summed E-state index contributed by atoms with van der Waals surface area (Å²) in [6.07, 6.45) is 7.69. The molecular formula is C10H19N. The van der Waals surface area contributed by atoms with E-state index in [2.05, 4.69) is 51.1 Å². The molecule has 1 heteroatoms. The van der Waals surface area contributed by atoms with E-state index in [1.54, 1.807) is 0 Å². The quantitative estimate of drug-likeness (QED) is 0.561. The fraction of sp³-hybridized carbons (Fsp3) is 0.600. The van der Waals surface area contributed by atoms with Gasteiger partial charge in [-0.2, -0.15) is 0 Å². The lowest BCUT2D eigenvalue weighted by Crippen LogP contribution is -2.10. The Morgan fingerprint density at radius 2 is 1.82 bits per heavy atom. The van der Waals surface area contributed by atoms with Gasteiger partial charge in [-0.05, 0) is 34.4 Å². The smallest absolute Gasteiger partial charge is 0.0157 e. The van der Waals surface area contributed by atoms with Gasteiger partial charge in [-0.25, -0.2) is 0 Å². The molecule has 0 aromatic heterocycles. The van der Waals surface area contributed by atoms with Gasteiger partial charge < -0.3 is 4.90 Å². The lowest BCUT2D eigenvalue weighted by Gasteiger charge is -2.02. The topological polar surface area (TPSA) is 3.24 Å². The molecule has 0 aliphatic rings. The Labute approximate surface area is 70.4 Å². The van der Waals surface area contributed by atoms with E-state index in [0.717, 1.165) is 13.0 Å². The summed E-state index contributed by atoms with van der Waals surface area (Å²) in [6.45, 7) is 5.29. The molecule has 64 valence electrons. The molecule has 0 N–H and O–H groups in total. The molecule has 0 heterocycles. The maximum absolute atomic E-state index is 2.23. The van der Waals surface area contributed by atoms with E-state index in [0.29, 0.717) is 0 Å². The Hall–Kier alpha value is -0.560. The van der Waals surface area contributed by atoms with Crippen LogP contribution < -0.4 is 0 Å². The summed E-state index contributed by atoms with van der Waals surface area (Å²) in [5, 5.41) is 0. The Bertz CT molecular complexity index is 139. The first-order valence-corrected chi connectivity index (χ1v) is 4.06. The SMILES string of the molecule is CC(C)=CC/C=C/CN(C)C. The van der Waals surface area contributed by atoms with Gasteiger partial charge in [-0.15, -0.1) is 0 Å². The van der Waals surface area contributed by atoms with Crippen molar-refractivity contribution >= 4 is 0 Å². The number of likely N-dealkylation sites (N-methyl/N-ethyl adjacent to an activating group) is 1. The molecule has 0 saturated heterocycles. The molecule has 0 unspecified atom stereocenters. The van der Waals surface area contributed by atoms with Gasteiger partial charge in [-0.1, -0.05) is 23.8 Å². The first-order valence-electron chi connectivity index (χ1n) is 4.06. The molecule has 0 radical (unpaired) electrons. The van der Waals surface area contributed by atoms with Crippen LogP contribution >= 0.6 is 0 Å². The van der Waals surface area contributed by atoms with E-state index < -0.39 is 0 Å². The molecule has 0 aliphatic heterocycles. The van der Waals surface area contributed by atoms with Crippen LogP contribution in [-0.2, 0) is 0 Å². The summed E-state index contributed by atoms with van der Waals surface area (Å²) >= 11 is 0. The largest absolute Gasteiger partial charge is 0.306 e. The van der Waals surface area contributed by atoms with E-state index in [4.69, 9.17) is 0 Å². The maximum Gasteiger partial charge on any atom is 0.0157 e. The summed E-state index contributed by atoms with van der Waals surface area (Å²) in [7, 11) is 4.15. The highest BCUT2D eigenvalue weighted by Gasteiger charge is 1.80. The second-order valence-corrected chi connectivity index (χ2v) is 3.25. The molecule has 0 atom stereocenters. The van der Waals surface area contributed by atoms with Crippen LogP contribution in [0.1, 0.15) is 20.3 Å². The van der Waals surface area contributed by atoms with Crippen molar-refractivity contribution < 1.29 is 0 Å². The van der Waals surface area contributed by atoms with Crippen LogP contribution in [0.25, 0.3) is 0 Å². The van der Waals surface area contributed by atoms with E-state index in [-0.39, 0.29) is 0 Å². The summed E-state index contributed by atoms with van der Waals surface area (Å²) in [6, 6.07) is 0. The molecule has 0 bridgehead atoms. The zero-order valence-corrected chi connectivity index (χ0v) is 8.09. The van der Waals surface area contributed by atoms with Crippen LogP contribution in [0.4, 0.5) is 0 Å². The number of rotatable bonds is 4. The summed E-state index contributed by atoms with van der Waals surface area (Å²) in [5.41, 5.74) is 1.39. The first-order chi connectivity index (χ1) is 5.13. The third-order valence-corrected chi connectivity index (χ3v) is 1.30. The van der Waals surface area contributed by atoms with E-state index in [1.165, 1.54) is 5.57 Å². The second-order valence-electron chi connectivity index (χ2n) is 3.25. The van der Waals surface area contributed by atoms with Gasteiger partial charge in [0, 0.05) is 6.54 Å². The van der Waals surface area contributed by atoms with Crippen molar-refractivity contribution in [2.24, 2.45) is 0 Å². The lowest BCUT2D eigenvalue weighted by atomic mass is 10.2. The molecule has 0 amide bonds. The summed E-state index contributed by atoms with van der Waals surface area (Å²) < 4.78 is 0. The van der Waals surface area contributed by atoms with E-state index >= 15 is 0 Å². The van der Waals surface area contributed by atoms with Crippen molar-refractivity contribution in [3.63, 3.8) is 0 Å². The van der Waals surface area contributed by atoms with Gasteiger partial charge in [-0.3, -0.25) is 0 Å². The van der Waals surface area contributed by atoms with Crippen LogP contribution in [0, 0.1) is 0 Å². The molecule has 0 rings (SSSR count). The highest BCUT2D eigenvalue weighted by atomic mass is 15.0. The average molecular weight is 153 g/mol. The Kier molecular flexibility index (Phi) is 5.86. The standard InChI is InChI=1S/C10H19N/c1-10(2)8-6-5-7-9-11(3)4/h5,7-8H,6,9H2,1-4H3/b7-5+. The monoisotopic (exact) mass is 153 g/mol. The molecule has 0 fully saturated rings. The van der Waals surface area contributed by atoms with Crippen molar-refractivity contribution in [1.82, 2.24) is 4.90 Å². The van der Waals surface area contributed by atoms with Gasteiger partial charge in [0.05, 0.1) is 0 Å². The van der Waals surface area contributed by atoms with Crippen LogP contribution in [-0.4, -0.2) is 25.5 Å². The number of allylic oxidation sites excluding steroid dienone is 3. The zero-order chi connectivity index (χ0) is 8.69. The predicted octanol–water partition coefficient (Wildman–Crippen LogP) is 2.46. The third kappa shape index (κ3) is 9.44. The fourth-order valence-corrected chi connectivity index (χ4v) is 0.685. The van der Waals surface area contributed by atoms with Crippen LogP contribution in [0.5, 0.6) is 0 Å². The summed E-state index contributed by atoms with van der Waals surface area (Å²) in [4.78, 5) is 2.15. The normalized spacial score (nSPS) is 11.0. The molecule has 0 aromatic carbocycles. The Balaban J connectivity index is 3.38. The van der Waals surface area contributed by atoms with Crippen molar-refractivity contribution in [1.29, 1.82) is 0 Å². The minimum Gasteiger partial charge on any atom is -0.306 e. The van der Waals surface area contributed by atoms with Gasteiger partial charge in [0.25, 0.3) is 0 Å². The van der Waals surface area contributed by atoms with Crippen LogP contribution in [0.15, 0.2) is 23.8 Å². The molecule has 11 heavy (non-hydrogen) atoms. The molecule has 0 aliphatic carbocycles. The Morgan fingerprint density at radius 1 is 1.18 bits per heavy atom. The summed E-state index contributed by atoms with van der Waals surface area (Å²) in [5.74, 6) is 0. The second kappa shape index (κ2) is 6.17. The van der Waals surface area contributed by atoms with Gasteiger partial charge >= 0.3 is 0 Å². The van der Waals surface area contributed by atoms with Gasteiger partial charge in [0.15, 0.2) is 0 Å². The molecule has 0 aromatic rings. The lowest BCUT2D eigenvalue weighted by molar-refractivity contribution is 0.456. The third-order valence-electron chi connectivity index (χ3n) is 1.30. The minimum atomic E-state index is 1.04.